The van der Waals surface area contributed by atoms with Gasteiger partial charge in [0.15, 0.2) is 0 Å². The van der Waals surface area contributed by atoms with Gasteiger partial charge in [0.2, 0.25) is 5.91 Å². The molecule has 0 spiro atoms. The molecule has 3 amide bonds. The molecule has 2 aliphatic rings. The van der Waals surface area contributed by atoms with Gasteiger partial charge in [-0.3, -0.25) is 9.69 Å². The zero-order valence-electron chi connectivity index (χ0n) is 13.6. The first kappa shape index (κ1) is 15.8. The molecule has 0 radical (unpaired) electrons. The van der Waals surface area contributed by atoms with Crippen LogP contribution in [0.4, 0.5) is 10.5 Å². The number of amides is 3. The molecule has 0 saturated carbocycles. The van der Waals surface area contributed by atoms with Crippen molar-refractivity contribution in [2.24, 2.45) is 0 Å². The van der Waals surface area contributed by atoms with E-state index in [1.165, 1.54) is 0 Å². The first-order valence-electron chi connectivity index (χ1n) is 8.30. The number of benzene rings is 1. The van der Waals surface area contributed by atoms with E-state index in [1.807, 2.05) is 35.2 Å². The summed E-state index contributed by atoms with van der Waals surface area (Å²) < 4.78 is 0. The fourth-order valence-corrected chi connectivity index (χ4v) is 3.15. The van der Waals surface area contributed by atoms with E-state index >= 15 is 0 Å². The van der Waals surface area contributed by atoms with Crippen molar-refractivity contribution in [3.05, 3.63) is 30.3 Å². The number of carbonyl (C=O) groups excluding carboxylic acids is 2. The molecule has 3 rings (SSSR count). The molecule has 0 N–H and O–H groups in total. The average molecular weight is 316 g/mol. The topological polar surface area (TPSA) is 47.1 Å². The van der Waals surface area contributed by atoms with E-state index in [1.54, 1.807) is 9.80 Å². The van der Waals surface area contributed by atoms with Crippen LogP contribution in [0.3, 0.4) is 0 Å². The summed E-state index contributed by atoms with van der Waals surface area (Å²) in [7, 11) is 0. The minimum absolute atomic E-state index is 0.0593. The third kappa shape index (κ3) is 3.47. The van der Waals surface area contributed by atoms with E-state index in [2.05, 4.69) is 11.8 Å². The van der Waals surface area contributed by atoms with Gasteiger partial charge in [0.05, 0.1) is 0 Å². The SMILES string of the molecule is CCN1CCN(C(=O)CN2CCN(c3ccccc3)C2=O)CC1. The first-order valence-corrected chi connectivity index (χ1v) is 8.30. The molecule has 124 valence electrons. The minimum atomic E-state index is -0.0725. The molecule has 0 aliphatic carbocycles. The highest BCUT2D eigenvalue weighted by atomic mass is 16.2. The van der Waals surface area contributed by atoms with Crippen LogP contribution in [0.1, 0.15) is 6.92 Å². The third-order valence-corrected chi connectivity index (χ3v) is 4.66. The average Bonchev–Trinajstić information content (AvgIpc) is 2.96. The van der Waals surface area contributed by atoms with Gasteiger partial charge in [-0.05, 0) is 18.7 Å². The second-order valence-corrected chi connectivity index (χ2v) is 6.01. The van der Waals surface area contributed by atoms with Crippen LogP contribution in [0, 0.1) is 0 Å². The van der Waals surface area contributed by atoms with Crippen molar-refractivity contribution in [3.63, 3.8) is 0 Å². The van der Waals surface area contributed by atoms with Crippen molar-refractivity contribution in [1.82, 2.24) is 14.7 Å². The maximum absolute atomic E-state index is 12.5. The smallest absolute Gasteiger partial charge is 0.325 e. The van der Waals surface area contributed by atoms with Crippen LogP contribution < -0.4 is 4.90 Å². The molecule has 6 nitrogen and oxygen atoms in total. The number of nitrogens with zero attached hydrogens (tertiary/aromatic N) is 4. The molecule has 2 heterocycles. The number of urea groups is 1. The Morgan fingerprint density at radius 3 is 2.35 bits per heavy atom. The molecule has 0 unspecified atom stereocenters. The second-order valence-electron chi connectivity index (χ2n) is 6.01. The zero-order valence-corrected chi connectivity index (χ0v) is 13.6. The van der Waals surface area contributed by atoms with Crippen molar-refractivity contribution in [2.75, 3.05) is 57.3 Å². The molecular formula is C17H24N4O2. The van der Waals surface area contributed by atoms with Gasteiger partial charge in [-0.1, -0.05) is 25.1 Å². The highest BCUT2D eigenvalue weighted by Crippen LogP contribution is 2.19. The Labute approximate surface area is 137 Å². The van der Waals surface area contributed by atoms with E-state index in [4.69, 9.17) is 0 Å². The summed E-state index contributed by atoms with van der Waals surface area (Å²) in [5.74, 6) is 0.0593. The van der Waals surface area contributed by atoms with Gasteiger partial charge in [0.1, 0.15) is 6.54 Å². The summed E-state index contributed by atoms with van der Waals surface area (Å²) in [6.45, 7) is 7.96. The van der Waals surface area contributed by atoms with Crippen LogP contribution in [0.2, 0.25) is 0 Å². The minimum Gasteiger partial charge on any atom is -0.339 e. The fourth-order valence-electron chi connectivity index (χ4n) is 3.15. The maximum atomic E-state index is 12.5. The zero-order chi connectivity index (χ0) is 16.2. The Balaban J connectivity index is 1.55. The lowest BCUT2D eigenvalue weighted by Gasteiger charge is -2.34. The number of likely N-dealkylation sites (N-methyl/N-ethyl adjacent to an activating group) is 1. The quantitative estimate of drug-likeness (QED) is 0.835. The van der Waals surface area contributed by atoms with E-state index in [0.717, 1.165) is 38.4 Å². The molecule has 0 atom stereocenters. The molecule has 0 aromatic heterocycles. The Hall–Kier alpha value is -2.08. The van der Waals surface area contributed by atoms with Crippen molar-refractivity contribution in [3.8, 4) is 0 Å². The molecule has 1 aromatic carbocycles. The molecule has 0 bridgehead atoms. The maximum Gasteiger partial charge on any atom is 0.325 e. The van der Waals surface area contributed by atoms with Crippen LogP contribution in [-0.2, 0) is 4.79 Å². The predicted octanol–water partition coefficient (Wildman–Crippen LogP) is 1.09. The Kier molecular flexibility index (Phi) is 4.81. The lowest BCUT2D eigenvalue weighted by atomic mass is 10.3. The van der Waals surface area contributed by atoms with E-state index in [0.29, 0.717) is 13.1 Å². The molecule has 2 aliphatic heterocycles. The number of rotatable bonds is 4. The fraction of sp³-hybridized carbons (Fsp3) is 0.529. The summed E-state index contributed by atoms with van der Waals surface area (Å²) in [6.07, 6.45) is 0. The van der Waals surface area contributed by atoms with Crippen molar-refractivity contribution < 1.29 is 9.59 Å². The summed E-state index contributed by atoms with van der Waals surface area (Å²) in [5.41, 5.74) is 0.893. The summed E-state index contributed by atoms with van der Waals surface area (Å²) >= 11 is 0. The third-order valence-electron chi connectivity index (χ3n) is 4.66. The van der Waals surface area contributed by atoms with Crippen LogP contribution in [0.15, 0.2) is 30.3 Å². The number of anilines is 1. The number of hydrogen-bond acceptors (Lipinski definition) is 3. The second kappa shape index (κ2) is 7.00. The van der Waals surface area contributed by atoms with Gasteiger partial charge in [-0.15, -0.1) is 0 Å². The molecule has 23 heavy (non-hydrogen) atoms. The van der Waals surface area contributed by atoms with Crippen LogP contribution in [-0.4, -0.2) is 79.0 Å². The van der Waals surface area contributed by atoms with Gasteiger partial charge in [-0.25, -0.2) is 4.79 Å². The highest BCUT2D eigenvalue weighted by Gasteiger charge is 2.32. The monoisotopic (exact) mass is 316 g/mol. The first-order chi connectivity index (χ1) is 11.2. The van der Waals surface area contributed by atoms with E-state index in [-0.39, 0.29) is 18.5 Å². The lowest BCUT2D eigenvalue weighted by Crippen LogP contribution is -2.51. The molecular weight excluding hydrogens is 292 g/mol. The summed E-state index contributed by atoms with van der Waals surface area (Å²) in [6, 6.07) is 9.55. The molecule has 6 heteroatoms. The molecule has 1 aromatic rings. The largest absolute Gasteiger partial charge is 0.339 e. The van der Waals surface area contributed by atoms with Gasteiger partial charge >= 0.3 is 6.03 Å². The van der Waals surface area contributed by atoms with Gasteiger partial charge in [0, 0.05) is 45.0 Å². The number of hydrogen-bond donors (Lipinski definition) is 0. The highest BCUT2D eigenvalue weighted by molar-refractivity contribution is 5.96. The Morgan fingerprint density at radius 1 is 1.00 bits per heavy atom. The van der Waals surface area contributed by atoms with Gasteiger partial charge in [0.25, 0.3) is 0 Å². The number of para-hydroxylation sites is 1. The van der Waals surface area contributed by atoms with Crippen molar-refractivity contribution in [1.29, 1.82) is 0 Å². The van der Waals surface area contributed by atoms with E-state index < -0.39 is 0 Å². The van der Waals surface area contributed by atoms with Crippen LogP contribution in [0.5, 0.6) is 0 Å². The standard InChI is InChI=1S/C17H24N4O2/c1-2-18-8-10-19(11-9-18)16(22)14-20-12-13-21(17(20)23)15-6-4-3-5-7-15/h3-7H,2,8-14H2,1H3. The van der Waals surface area contributed by atoms with Gasteiger partial charge in [-0.2, -0.15) is 0 Å². The van der Waals surface area contributed by atoms with Crippen molar-refractivity contribution in [2.45, 2.75) is 6.92 Å². The normalized spacial score (nSPS) is 19.5. The van der Waals surface area contributed by atoms with E-state index in [9.17, 15) is 9.59 Å². The predicted molar refractivity (Wildman–Crippen MR) is 89.5 cm³/mol. The lowest BCUT2D eigenvalue weighted by molar-refractivity contribution is -0.133. The number of carbonyl (C=O) groups is 2. The molecule has 2 saturated heterocycles. The van der Waals surface area contributed by atoms with Crippen LogP contribution in [0.25, 0.3) is 0 Å². The van der Waals surface area contributed by atoms with Crippen LogP contribution >= 0.6 is 0 Å². The summed E-state index contributed by atoms with van der Waals surface area (Å²) in [4.78, 5) is 32.5. The number of piperazine rings is 1. The summed E-state index contributed by atoms with van der Waals surface area (Å²) in [5, 5.41) is 0. The van der Waals surface area contributed by atoms with Gasteiger partial charge < -0.3 is 14.7 Å². The Morgan fingerprint density at radius 2 is 1.70 bits per heavy atom. The Bertz CT molecular complexity index is 555. The van der Waals surface area contributed by atoms with Crippen molar-refractivity contribution >= 4 is 17.6 Å². The molecule has 2 fully saturated rings.